The molecule has 0 bridgehead atoms. The molecule has 1 aliphatic heterocycles. The lowest BCUT2D eigenvalue weighted by atomic mass is 10.1. The number of aromatic nitrogens is 1. The minimum absolute atomic E-state index is 0.00361. The highest BCUT2D eigenvalue weighted by molar-refractivity contribution is 7.92. The maximum Gasteiger partial charge on any atom is 0.195 e. The molecule has 0 radical (unpaired) electrons. The first-order valence-corrected chi connectivity index (χ1v) is 7.51. The van der Waals surface area contributed by atoms with Crippen molar-refractivity contribution >= 4 is 9.84 Å². The van der Waals surface area contributed by atoms with E-state index >= 15 is 0 Å². The number of hydrogen-bond acceptors (Lipinski definition) is 5. The third-order valence-electron chi connectivity index (χ3n) is 3.20. The molecule has 6 heteroatoms. The highest BCUT2D eigenvalue weighted by Crippen LogP contribution is 2.24. The first kappa shape index (κ1) is 12.6. The molecule has 2 rings (SSSR count). The standard InChI is InChI=1S/C11H17NO4S/c1-8(7-13)10-6-12-11(16-10)5-9-3-2-4-17(9,14)15/h6,8-9,13H,2-5,7H2,1H3. The molecule has 17 heavy (non-hydrogen) atoms. The maximum absolute atomic E-state index is 11.7. The van der Waals surface area contributed by atoms with Crippen LogP contribution in [0.1, 0.15) is 37.3 Å². The molecule has 1 aliphatic rings. The molecule has 0 aliphatic carbocycles. The Balaban J connectivity index is 2.07. The van der Waals surface area contributed by atoms with E-state index in [0.717, 1.165) is 6.42 Å². The molecule has 1 N–H and O–H groups in total. The molecule has 1 saturated heterocycles. The van der Waals surface area contributed by atoms with Gasteiger partial charge in [-0.2, -0.15) is 0 Å². The van der Waals surface area contributed by atoms with E-state index in [0.29, 0.717) is 24.5 Å². The van der Waals surface area contributed by atoms with Gasteiger partial charge >= 0.3 is 0 Å². The van der Waals surface area contributed by atoms with E-state index in [-0.39, 0.29) is 23.5 Å². The Hall–Kier alpha value is -0.880. The Morgan fingerprint density at radius 3 is 3.00 bits per heavy atom. The van der Waals surface area contributed by atoms with Gasteiger partial charge in [-0.1, -0.05) is 6.92 Å². The van der Waals surface area contributed by atoms with Crippen LogP contribution in [-0.4, -0.2) is 36.1 Å². The van der Waals surface area contributed by atoms with Crippen molar-refractivity contribution in [1.82, 2.24) is 4.98 Å². The molecule has 0 spiro atoms. The fraction of sp³-hybridized carbons (Fsp3) is 0.727. The molecule has 1 fully saturated rings. The van der Waals surface area contributed by atoms with E-state index in [2.05, 4.69) is 4.98 Å². The first-order chi connectivity index (χ1) is 8.03. The van der Waals surface area contributed by atoms with E-state index in [9.17, 15) is 8.42 Å². The van der Waals surface area contributed by atoms with Crippen molar-refractivity contribution in [1.29, 1.82) is 0 Å². The third-order valence-corrected chi connectivity index (χ3v) is 5.47. The summed E-state index contributed by atoms with van der Waals surface area (Å²) in [4.78, 5) is 4.07. The van der Waals surface area contributed by atoms with Crippen molar-refractivity contribution < 1.29 is 17.9 Å². The van der Waals surface area contributed by atoms with Crippen molar-refractivity contribution in [2.24, 2.45) is 0 Å². The number of nitrogens with zero attached hydrogens (tertiary/aromatic N) is 1. The molecule has 2 heterocycles. The zero-order valence-corrected chi connectivity index (χ0v) is 10.6. The maximum atomic E-state index is 11.7. The summed E-state index contributed by atoms with van der Waals surface area (Å²) < 4.78 is 28.8. The predicted molar refractivity (Wildman–Crippen MR) is 62.5 cm³/mol. The lowest BCUT2D eigenvalue weighted by Crippen LogP contribution is -2.18. The van der Waals surface area contributed by atoms with Crippen LogP contribution in [0.2, 0.25) is 0 Å². The fourth-order valence-corrected chi connectivity index (χ4v) is 3.84. The summed E-state index contributed by atoms with van der Waals surface area (Å²) in [6, 6.07) is 0. The molecule has 96 valence electrons. The van der Waals surface area contributed by atoms with E-state index in [4.69, 9.17) is 9.52 Å². The van der Waals surface area contributed by atoms with Crippen LogP contribution in [0, 0.1) is 0 Å². The summed E-state index contributed by atoms with van der Waals surface area (Å²) in [6.07, 6.45) is 3.33. The number of rotatable bonds is 4. The summed E-state index contributed by atoms with van der Waals surface area (Å²) in [7, 11) is -2.95. The van der Waals surface area contributed by atoms with Gasteiger partial charge in [0.05, 0.1) is 23.8 Å². The second kappa shape index (κ2) is 4.78. The molecule has 2 unspecified atom stereocenters. The van der Waals surface area contributed by atoms with Crippen molar-refractivity contribution in [3.63, 3.8) is 0 Å². The van der Waals surface area contributed by atoms with Gasteiger partial charge in [0.2, 0.25) is 0 Å². The largest absolute Gasteiger partial charge is 0.445 e. The van der Waals surface area contributed by atoms with E-state index in [1.54, 1.807) is 6.20 Å². The Bertz CT molecular complexity index is 479. The first-order valence-electron chi connectivity index (χ1n) is 5.80. The van der Waals surface area contributed by atoms with Crippen LogP contribution in [0.5, 0.6) is 0 Å². The van der Waals surface area contributed by atoms with Crippen LogP contribution in [0.3, 0.4) is 0 Å². The molecule has 0 saturated carbocycles. The van der Waals surface area contributed by atoms with Crippen LogP contribution in [0.4, 0.5) is 0 Å². The van der Waals surface area contributed by atoms with Crippen molar-refractivity contribution in [3.8, 4) is 0 Å². The normalized spacial score (nSPS) is 24.9. The number of aliphatic hydroxyl groups is 1. The highest BCUT2D eigenvalue weighted by atomic mass is 32.2. The Morgan fingerprint density at radius 1 is 1.65 bits per heavy atom. The number of sulfone groups is 1. The zero-order chi connectivity index (χ0) is 12.5. The minimum Gasteiger partial charge on any atom is -0.445 e. The van der Waals surface area contributed by atoms with Crippen LogP contribution in [0.25, 0.3) is 0 Å². The molecule has 1 aromatic heterocycles. The van der Waals surface area contributed by atoms with Crippen LogP contribution in [-0.2, 0) is 16.3 Å². The Kier molecular flexibility index (Phi) is 3.53. The van der Waals surface area contributed by atoms with E-state index in [1.165, 1.54) is 0 Å². The summed E-state index contributed by atoms with van der Waals surface area (Å²) in [6.45, 7) is 1.83. The molecular weight excluding hydrogens is 242 g/mol. The Morgan fingerprint density at radius 2 is 2.41 bits per heavy atom. The quantitative estimate of drug-likeness (QED) is 0.868. The SMILES string of the molecule is CC(CO)c1cnc(CC2CCCS2(=O)=O)o1. The average Bonchev–Trinajstić information content (AvgIpc) is 2.86. The lowest BCUT2D eigenvalue weighted by molar-refractivity contribution is 0.255. The van der Waals surface area contributed by atoms with Crippen molar-refractivity contribution in [3.05, 3.63) is 17.8 Å². The average molecular weight is 259 g/mol. The highest BCUT2D eigenvalue weighted by Gasteiger charge is 2.32. The monoisotopic (exact) mass is 259 g/mol. The topological polar surface area (TPSA) is 80.4 Å². The smallest absolute Gasteiger partial charge is 0.195 e. The predicted octanol–water partition coefficient (Wildman–Crippen LogP) is 0.890. The number of hydrogen-bond donors (Lipinski definition) is 1. The lowest BCUT2D eigenvalue weighted by Gasteiger charge is -2.06. The summed E-state index contributed by atoms with van der Waals surface area (Å²) >= 11 is 0. The summed E-state index contributed by atoms with van der Waals surface area (Å²) in [5, 5.41) is 8.63. The van der Waals surface area contributed by atoms with Gasteiger partial charge in [-0.15, -0.1) is 0 Å². The van der Waals surface area contributed by atoms with E-state index in [1.807, 2.05) is 6.92 Å². The second-order valence-corrected chi connectivity index (χ2v) is 6.98. The number of oxazole rings is 1. The van der Waals surface area contributed by atoms with Crippen molar-refractivity contribution in [2.45, 2.75) is 37.4 Å². The van der Waals surface area contributed by atoms with E-state index < -0.39 is 9.84 Å². The third kappa shape index (κ3) is 2.69. The van der Waals surface area contributed by atoms with Crippen molar-refractivity contribution in [2.75, 3.05) is 12.4 Å². The van der Waals surface area contributed by atoms with Gasteiger partial charge in [0.15, 0.2) is 15.7 Å². The second-order valence-electron chi connectivity index (χ2n) is 4.58. The van der Waals surface area contributed by atoms with Gasteiger partial charge in [0, 0.05) is 12.3 Å². The Labute approximate surface area is 101 Å². The molecule has 0 amide bonds. The van der Waals surface area contributed by atoms with Gasteiger partial charge in [-0.3, -0.25) is 0 Å². The summed E-state index contributed by atoms with van der Waals surface area (Å²) in [5.41, 5.74) is 0. The van der Waals surface area contributed by atoms with Gasteiger partial charge in [0.1, 0.15) is 5.76 Å². The van der Waals surface area contributed by atoms with Crippen LogP contribution >= 0.6 is 0 Å². The molecular formula is C11H17NO4S. The van der Waals surface area contributed by atoms with Crippen LogP contribution < -0.4 is 0 Å². The van der Waals surface area contributed by atoms with Crippen LogP contribution in [0.15, 0.2) is 10.6 Å². The molecule has 1 aromatic rings. The molecule has 2 atom stereocenters. The fourth-order valence-electron chi connectivity index (χ4n) is 2.02. The minimum atomic E-state index is -2.95. The van der Waals surface area contributed by atoms with Gasteiger partial charge in [0.25, 0.3) is 0 Å². The number of aliphatic hydroxyl groups excluding tert-OH is 1. The van der Waals surface area contributed by atoms with Gasteiger partial charge in [-0.05, 0) is 12.8 Å². The van der Waals surface area contributed by atoms with Gasteiger partial charge < -0.3 is 9.52 Å². The van der Waals surface area contributed by atoms with Gasteiger partial charge in [-0.25, -0.2) is 13.4 Å². The molecule has 0 aromatic carbocycles. The molecule has 5 nitrogen and oxygen atoms in total. The summed E-state index contributed by atoms with van der Waals surface area (Å²) in [5.74, 6) is 1.24. The zero-order valence-electron chi connectivity index (χ0n) is 9.80.